The molecule has 88 valence electrons. The molecule has 5 nitrogen and oxygen atoms in total. The van der Waals surface area contributed by atoms with Crippen molar-refractivity contribution in [2.45, 2.75) is 45.6 Å². The van der Waals surface area contributed by atoms with Gasteiger partial charge in [0.2, 0.25) is 0 Å². The lowest BCUT2D eigenvalue weighted by Gasteiger charge is -2.27. The maximum Gasteiger partial charge on any atom is 0.329 e. The molecule has 5 heteroatoms. The summed E-state index contributed by atoms with van der Waals surface area (Å²) >= 11 is 0. The number of urea groups is 1. The van der Waals surface area contributed by atoms with Gasteiger partial charge in [-0.05, 0) is 19.3 Å². The van der Waals surface area contributed by atoms with E-state index in [0.29, 0.717) is 19.4 Å². The molecule has 0 aliphatic rings. The molecule has 0 fully saturated rings. The molecular formula is C10H20N2O3. The Balaban J connectivity index is 4.40. The van der Waals surface area contributed by atoms with Crippen molar-refractivity contribution in [3.05, 3.63) is 0 Å². The van der Waals surface area contributed by atoms with Crippen LogP contribution in [0.2, 0.25) is 0 Å². The Bertz CT molecular complexity index is 225. The minimum atomic E-state index is -1.14. The predicted octanol–water partition coefficient (Wildman–Crippen LogP) is 1.34. The van der Waals surface area contributed by atoms with E-state index in [1.54, 1.807) is 13.8 Å². The van der Waals surface area contributed by atoms with E-state index in [1.807, 2.05) is 6.92 Å². The molecule has 0 saturated carbocycles. The average molecular weight is 216 g/mol. The van der Waals surface area contributed by atoms with Crippen LogP contribution in [0.15, 0.2) is 0 Å². The maximum atomic E-state index is 11.4. The molecule has 0 aliphatic heterocycles. The van der Waals surface area contributed by atoms with Gasteiger partial charge in [0.25, 0.3) is 0 Å². The molecule has 15 heavy (non-hydrogen) atoms. The predicted molar refractivity (Wildman–Crippen MR) is 57.8 cm³/mol. The summed E-state index contributed by atoms with van der Waals surface area (Å²) in [6.45, 7) is 5.98. The quantitative estimate of drug-likeness (QED) is 0.627. The highest BCUT2D eigenvalue weighted by Gasteiger charge is 2.36. The Kier molecular flexibility index (Phi) is 5.74. The molecule has 0 radical (unpaired) electrons. The van der Waals surface area contributed by atoms with E-state index in [4.69, 9.17) is 5.11 Å². The van der Waals surface area contributed by atoms with Crippen molar-refractivity contribution in [1.82, 2.24) is 10.6 Å². The van der Waals surface area contributed by atoms with Crippen LogP contribution >= 0.6 is 0 Å². The van der Waals surface area contributed by atoms with Crippen LogP contribution in [0.4, 0.5) is 4.79 Å². The van der Waals surface area contributed by atoms with Crippen LogP contribution in [0.3, 0.4) is 0 Å². The first kappa shape index (κ1) is 13.7. The van der Waals surface area contributed by atoms with Gasteiger partial charge in [-0.15, -0.1) is 0 Å². The molecule has 0 saturated heterocycles. The second-order valence-electron chi connectivity index (χ2n) is 3.48. The van der Waals surface area contributed by atoms with E-state index < -0.39 is 17.5 Å². The van der Waals surface area contributed by atoms with Crippen molar-refractivity contribution < 1.29 is 14.7 Å². The standard InChI is InChI=1S/C10H20N2O3/c1-4-7-11-9(15)12-10(5-2,6-3)8(13)14/h4-7H2,1-3H3,(H,13,14)(H2,11,12,15). The second kappa shape index (κ2) is 6.27. The molecule has 0 atom stereocenters. The van der Waals surface area contributed by atoms with Crippen LogP contribution in [-0.2, 0) is 4.79 Å². The number of carboxylic acid groups (broad SMARTS) is 1. The van der Waals surface area contributed by atoms with Crippen LogP contribution in [-0.4, -0.2) is 29.2 Å². The van der Waals surface area contributed by atoms with E-state index in [0.717, 1.165) is 6.42 Å². The van der Waals surface area contributed by atoms with E-state index in [2.05, 4.69) is 10.6 Å². The molecular weight excluding hydrogens is 196 g/mol. The second-order valence-corrected chi connectivity index (χ2v) is 3.48. The van der Waals surface area contributed by atoms with Gasteiger partial charge in [0.05, 0.1) is 0 Å². The molecule has 0 unspecified atom stereocenters. The van der Waals surface area contributed by atoms with Crippen molar-refractivity contribution >= 4 is 12.0 Å². The first-order valence-electron chi connectivity index (χ1n) is 5.31. The third-order valence-corrected chi connectivity index (χ3v) is 2.50. The van der Waals surface area contributed by atoms with Gasteiger partial charge in [-0.2, -0.15) is 0 Å². The van der Waals surface area contributed by atoms with E-state index in [9.17, 15) is 9.59 Å². The molecule has 2 amide bonds. The van der Waals surface area contributed by atoms with Gasteiger partial charge in [0.1, 0.15) is 5.54 Å². The molecule has 0 bridgehead atoms. The number of hydrogen-bond donors (Lipinski definition) is 3. The summed E-state index contributed by atoms with van der Waals surface area (Å²) < 4.78 is 0. The Morgan fingerprint density at radius 1 is 1.20 bits per heavy atom. The van der Waals surface area contributed by atoms with Crippen LogP contribution in [0.5, 0.6) is 0 Å². The normalized spacial score (nSPS) is 10.9. The monoisotopic (exact) mass is 216 g/mol. The lowest BCUT2D eigenvalue weighted by Crippen LogP contribution is -2.56. The third kappa shape index (κ3) is 3.77. The number of nitrogens with one attached hydrogen (secondary N) is 2. The van der Waals surface area contributed by atoms with Crippen molar-refractivity contribution in [2.75, 3.05) is 6.54 Å². The highest BCUT2D eigenvalue weighted by atomic mass is 16.4. The largest absolute Gasteiger partial charge is 0.480 e. The van der Waals surface area contributed by atoms with Crippen molar-refractivity contribution in [3.63, 3.8) is 0 Å². The first-order chi connectivity index (χ1) is 7.02. The fraction of sp³-hybridized carbons (Fsp3) is 0.800. The Hall–Kier alpha value is -1.26. The Morgan fingerprint density at radius 3 is 2.07 bits per heavy atom. The van der Waals surface area contributed by atoms with Gasteiger partial charge < -0.3 is 15.7 Å². The zero-order valence-corrected chi connectivity index (χ0v) is 9.59. The van der Waals surface area contributed by atoms with Crippen molar-refractivity contribution in [3.8, 4) is 0 Å². The number of carbonyl (C=O) groups excluding carboxylic acids is 1. The molecule has 0 aromatic heterocycles. The summed E-state index contributed by atoms with van der Waals surface area (Å²) in [5, 5.41) is 14.2. The lowest BCUT2D eigenvalue weighted by atomic mass is 9.93. The number of rotatable bonds is 6. The number of hydrogen-bond acceptors (Lipinski definition) is 2. The highest BCUT2D eigenvalue weighted by molar-refractivity contribution is 5.86. The van der Waals surface area contributed by atoms with Gasteiger partial charge in [-0.1, -0.05) is 20.8 Å². The fourth-order valence-electron chi connectivity index (χ4n) is 1.28. The van der Waals surface area contributed by atoms with Crippen LogP contribution in [0.1, 0.15) is 40.0 Å². The minimum Gasteiger partial charge on any atom is -0.480 e. The van der Waals surface area contributed by atoms with Crippen LogP contribution in [0, 0.1) is 0 Å². The van der Waals surface area contributed by atoms with Crippen molar-refractivity contribution in [2.24, 2.45) is 0 Å². The van der Waals surface area contributed by atoms with Gasteiger partial charge in [0, 0.05) is 6.54 Å². The number of carbonyl (C=O) groups is 2. The number of carboxylic acids is 1. The maximum absolute atomic E-state index is 11.4. The molecule has 3 N–H and O–H groups in total. The molecule has 0 rings (SSSR count). The summed E-state index contributed by atoms with van der Waals surface area (Å²) in [5.74, 6) is -0.987. The molecule has 0 aromatic carbocycles. The van der Waals surface area contributed by atoms with Gasteiger partial charge in [-0.3, -0.25) is 0 Å². The molecule has 0 aliphatic carbocycles. The Morgan fingerprint density at radius 2 is 1.73 bits per heavy atom. The number of aliphatic carboxylic acids is 1. The van der Waals surface area contributed by atoms with E-state index in [-0.39, 0.29) is 0 Å². The van der Waals surface area contributed by atoms with Gasteiger partial charge in [0.15, 0.2) is 0 Å². The van der Waals surface area contributed by atoms with Crippen LogP contribution in [0.25, 0.3) is 0 Å². The van der Waals surface area contributed by atoms with Crippen molar-refractivity contribution in [1.29, 1.82) is 0 Å². The zero-order chi connectivity index (χ0) is 11.9. The smallest absolute Gasteiger partial charge is 0.329 e. The van der Waals surface area contributed by atoms with E-state index in [1.165, 1.54) is 0 Å². The summed E-state index contributed by atoms with van der Waals surface area (Å²) in [7, 11) is 0. The number of amides is 2. The first-order valence-corrected chi connectivity index (χ1v) is 5.31. The third-order valence-electron chi connectivity index (χ3n) is 2.50. The zero-order valence-electron chi connectivity index (χ0n) is 9.59. The highest BCUT2D eigenvalue weighted by Crippen LogP contribution is 2.14. The topological polar surface area (TPSA) is 78.4 Å². The van der Waals surface area contributed by atoms with Gasteiger partial charge in [-0.25, -0.2) is 9.59 Å². The molecule has 0 aromatic rings. The lowest BCUT2D eigenvalue weighted by molar-refractivity contribution is -0.144. The summed E-state index contributed by atoms with van der Waals surface area (Å²) in [6.07, 6.45) is 1.57. The Labute approximate surface area is 90.2 Å². The fourth-order valence-corrected chi connectivity index (χ4v) is 1.28. The van der Waals surface area contributed by atoms with Crippen LogP contribution < -0.4 is 10.6 Å². The summed E-state index contributed by atoms with van der Waals surface area (Å²) in [4.78, 5) is 22.4. The molecule has 0 heterocycles. The minimum absolute atomic E-state index is 0.373. The summed E-state index contributed by atoms with van der Waals surface area (Å²) in [6, 6.07) is -0.414. The summed E-state index contributed by atoms with van der Waals surface area (Å²) in [5.41, 5.74) is -1.14. The SMILES string of the molecule is CCCNC(=O)NC(CC)(CC)C(=O)O. The average Bonchev–Trinajstić information content (AvgIpc) is 2.22. The van der Waals surface area contributed by atoms with Gasteiger partial charge >= 0.3 is 12.0 Å². The van der Waals surface area contributed by atoms with E-state index >= 15 is 0 Å². The molecule has 0 spiro atoms.